The van der Waals surface area contributed by atoms with Crippen LogP contribution in [0, 0.1) is 18.8 Å². The number of carboxylic acid groups (broad SMARTS) is 1. The van der Waals surface area contributed by atoms with Crippen molar-refractivity contribution < 1.29 is 19.4 Å². The second-order valence-corrected chi connectivity index (χ2v) is 9.72. The molecule has 1 heterocycles. The quantitative estimate of drug-likeness (QED) is 0.361. The zero-order valence-electron chi connectivity index (χ0n) is 21.7. The van der Waals surface area contributed by atoms with Crippen molar-refractivity contribution in [3.63, 3.8) is 0 Å². The Balaban J connectivity index is 1.49. The molecular formula is C32H32ClNO4. The molecule has 3 aromatic carbocycles. The number of nitrogens with zero attached hydrogens (tertiary/aromatic N) is 1. The molecule has 5 nitrogen and oxygen atoms in total. The van der Waals surface area contributed by atoms with E-state index in [9.17, 15) is 9.90 Å². The van der Waals surface area contributed by atoms with Crippen LogP contribution < -0.4 is 4.74 Å². The predicted molar refractivity (Wildman–Crippen MR) is 152 cm³/mol. The smallest absolute Gasteiger partial charge is 0.310 e. The van der Waals surface area contributed by atoms with Gasteiger partial charge in [-0.2, -0.15) is 0 Å². The van der Waals surface area contributed by atoms with Gasteiger partial charge in [-0.25, -0.2) is 0 Å². The fraction of sp³-hybridized carbons (Fsp3) is 0.281. The molecule has 1 saturated heterocycles. The molecule has 1 fully saturated rings. The van der Waals surface area contributed by atoms with Gasteiger partial charge in [-0.05, 0) is 84.1 Å². The van der Waals surface area contributed by atoms with E-state index >= 15 is 0 Å². The first-order valence-corrected chi connectivity index (χ1v) is 13.1. The first-order valence-electron chi connectivity index (χ1n) is 12.7. The summed E-state index contributed by atoms with van der Waals surface area (Å²) < 4.78 is 11.4. The molecule has 196 valence electrons. The van der Waals surface area contributed by atoms with Gasteiger partial charge in [0, 0.05) is 23.7 Å². The van der Waals surface area contributed by atoms with Gasteiger partial charge in [0.25, 0.3) is 0 Å². The van der Waals surface area contributed by atoms with Crippen molar-refractivity contribution in [2.24, 2.45) is 0 Å². The highest BCUT2D eigenvalue weighted by Gasteiger charge is 2.16. The summed E-state index contributed by atoms with van der Waals surface area (Å²) in [5.41, 5.74) is 5.77. The SMILES string of the molecule is Cc1cc(OC/C=C(\c2ccc(Cl)cc2)c2ccc(C#CCN3CCOCC3)cc2)ccc1C(C)C(=O)O. The molecule has 0 spiro atoms. The highest BCUT2D eigenvalue weighted by atomic mass is 35.5. The molecule has 4 rings (SSSR count). The minimum absolute atomic E-state index is 0.354. The monoisotopic (exact) mass is 529 g/mol. The van der Waals surface area contributed by atoms with Crippen LogP contribution in [0.15, 0.2) is 72.8 Å². The Bertz CT molecular complexity index is 1330. The Morgan fingerprint density at radius 3 is 2.37 bits per heavy atom. The largest absolute Gasteiger partial charge is 0.490 e. The van der Waals surface area contributed by atoms with E-state index in [0.29, 0.717) is 17.4 Å². The van der Waals surface area contributed by atoms with Crippen LogP contribution in [0.4, 0.5) is 0 Å². The van der Waals surface area contributed by atoms with Crippen molar-refractivity contribution >= 4 is 23.1 Å². The zero-order chi connectivity index (χ0) is 26.9. The topological polar surface area (TPSA) is 59.0 Å². The van der Waals surface area contributed by atoms with E-state index < -0.39 is 11.9 Å². The molecule has 1 aliphatic rings. The molecule has 1 unspecified atom stereocenters. The van der Waals surface area contributed by atoms with Crippen molar-refractivity contribution in [2.45, 2.75) is 19.8 Å². The van der Waals surface area contributed by atoms with E-state index in [1.807, 2.05) is 67.6 Å². The molecule has 0 bridgehead atoms. The second kappa shape index (κ2) is 13.3. The number of rotatable bonds is 8. The molecule has 1 atom stereocenters. The van der Waals surface area contributed by atoms with Gasteiger partial charge in [-0.3, -0.25) is 9.69 Å². The number of morpholine rings is 1. The van der Waals surface area contributed by atoms with E-state index in [1.165, 1.54) is 0 Å². The summed E-state index contributed by atoms with van der Waals surface area (Å²) in [5, 5.41) is 10.0. The summed E-state index contributed by atoms with van der Waals surface area (Å²) in [5.74, 6) is 5.83. The Labute approximate surface area is 229 Å². The van der Waals surface area contributed by atoms with Crippen LogP contribution in [0.5, 0.6) is 5.75 Å². The lowest BCUT2D eigenvalue weighted by atomic mass is 9.96. The molecule has 0 radical (unpaired) electrons. The third-order valence-electron chi connectivity index (χ3n) is 6.61. The van der Waals surface area contributed by atoms with Crippen molar-refractivity contribution in [3.8, 4) is 17.6 Å². The van der Waals surface area contributed by atoms with Crippen LogP contribution in [0.25, 0.3) is 5.57 Å². The van der Waals surface area contributed by atoms with E-state index in [4.69, 9.17) is 21.1 Å². The molecule has 0 amide bonds. The molecule has 38 heavy (non-hydrogen) atoms. The molecule has 1 aliphatic heterocycles. The normalized spacial score (nSPS) is 14.9. The van der Waals surface area contributed by atoms with Crippen LogP contribution in [0.2, 0.25) is 5.02 Å². The number of carboxylic acids is 1. The third kappa shape index (κ3) is 7.49. The van der Waals surface area contributed by atoms with Gasteiger partial charge < -0.3 is 14.6 Å². The standard InChI is InChI=1S/C32H32ClNO4/c1-23-22-29(13-14-30(23)24(2)32(35)36)38-19-15-31(27-9-11-28(33)12-10-27)26-7-5-25(6-8-26)4-3-16-34-17-20-37-21-18-34/h5-15,22,24H,16-21H2,1-2H3,(H,35,36)/b31-15-. The summed E-state index contributed by atoms with van der Waals surface area (Å²) in [7, 11) is 0. The molecule has 0 aromatic heterocycles. The van der Waals surface area contributed by atoms with E-state index in [2.05, 4.69) is 28.9 Å². The summed E-state index contributed by atoms with van der Waals surface area (Å²) in [4.78, 5) is 13.7. The van der Waals surface area contributed by atoms with Gasteiger partial charge >= 0.3 is 5.97 Å². The van der Waals surface area contributed by atoms with Gasteiger partial charge in [0.2, 0.25) is 0 Å². The molecule has 0 saturated carbocycles. The van der Waals surface area contributed by atoms with E-state index in [1.54, 1.807) is 6.92 Å². The predicted octanol–water partition coefficient (Wildman–Crippen LogP) is 6.03. The molecular weight excluding hydrogens is 498 g/mol. The lowest BCUT2D eigenvalue weighted by Crippen LogP contribution is -2.36. The summed E-state index contributed by atoms with van der Waals surface area (Å²) >= 11 is 6.13. The number of aryl methyl sites for hydroxylation is 1. The number of benzene rings is 3. The Morgan fingerprint density at radius 2 is 1.74 bits per heavy atom. The molecule has 6 heteroatoms. The Morgan fingerprint density at radius 1 is 1.08 bits per heavy atom. The van der Waals surface area contributed by atoms with Crippen LogP contribution in [0.3, 0.4) is 0 Å². The Kier molecular flexibility index (Phi) is 9.62. The van der Waals surface area contributed by atoms with Crippen molar-refractivity contribution in [1.82, 2.24) is 4.90 Å². The molecule has 0 aliphatic carbocycles. The Hall–Kier alpha value is -3.56. The number of hydrogen-bond acceptors (Lipinski definition) is 4. The minimum atomic E-state index is -0.841. The second-order valence-electron chi connectivity index (χ2n) is 9.28. The van der Waals surface area contributed by atoms with Crippen LogP contribution in [0.1, 0.15) is 40.7 Å². The number of carbonyl (C=O) groups is 1. The van der Waals surface area contributed by atoms with Gasteiger partial charge in [0.15, 0.2) is 0 Å². The highest BCUT2D eigenvalue weighted by molar-refractivity contribution is 6.30. The van der Waals surface area contributed by atoms with Gasteiger partial charge in [-0.15, -0.1) is 0 Å². The van der Waals surface area contributed by atoms with E-state index in [0.717, 1.165) is 66.2 Å². The average molecular weight is 530 g/mol. The number of ether oxygens (including phenoxy) is 2. The third-order valence-corrected chi connectivity index (χ3v) is 6.86. The van der Waals surface area contributed by atoms with Crippen molar-refractivity contribution in [2.75, 3.05) is 39.5 Å². The molecule has 3 aromatic rings. The maximum Gasteiger partial charge on any atom is 0.310 e. The first kappa shape index (κ1) is 27.5. The lowest BCUT2D eigenvalue weighted by molar-refractivity contribution is -0.138. The summed E-state index contributed by atoms with van der Waals surface area (Å²) in [6, 6.07) is 21.5. The first-order chi connectivity index (χ1) is 18.4. The van der Waals surface area contributed by atoms with Crippen LogP contribution in [-0.4, -0.2) is 55.4 Å². The number of hydrogen-bond donors (Lipinski definition) is 1. The highest BCUT2D eigenvalue weighted by Crippen LogP contribution is 2.27. The van der Waals surface area contributed by atoms with Gasteiger partial charge in [-0.1, -0.05) is 53.8 Å². The van der Waals surface area contributed by atoms with Gasteiger partial charge in [0.05, 0.1) is 25.7 Å². The maximum atomic E-state index is 11.4. The van der Waals surface area contributed by atoms with Crippen LogP contribution >= 0.6 is 11.6 Å². The summed E-state index contributed by atoms with van der Waals surface area (Å²) in [6.07, 6.45) is 2.05. The van der Waals surface area contributed by atoms with Crippen molar-refractivity contribution in [3.05, 3.63) is 106 Å². The average Bonchev–Trinajstić information content (AvgIpc) is 2.93. The van der Waals surface area contributed by atoms with Crippen LogP contribution in [-0.2, 0) is 9.53 Å². The minimum Gasteiger partial charge on any atom is -0.490 e. The summed E-state index contributed by atoms with van der Waals surface area (Å²) in [6.45, 7) is 8.09. The van der Waals surface area contributed by atoms with E-state index in [-0.39, 0.29) is 0 Å². The maximum absolute atomic E-state index is 11.4. The lowest BCUT2D eigenvalue weighted by Gasteiger charge is -2.24. The fourth-order valence-corrected chi connectivity index (χ4v) is 4.48. The number of aliphatic carboxylic acids is 1. The van der Waals surface area contributed by atoms with Crippen molar-refractivity contribution in [1.29, 1.82) is 0 Å². The molecule has 1 N–H and O–H groups in total. The fourth-order valence-electron chi connectivity index (χ4n) is 4.36. The zero-order valence-corrected chi connectivity index (χ0v) is 22.5. The number of halogens is 1. The van der Waals surface area contributed by atoms with Gasteiger partial charge in [0.1, 0.15) is 12.4 Å².